The van der Waals surface area contributed by atoms with Crippen molar-refractivity contribution in [2.75, 3.05) is 6.54 Å². The lowest BCUT2D eigenvalue weighted by Gasteiger charge is -2.26. The molecule has 1 aromatic rings. The van der Waals surface area contributed by atoms with Crippen molar-refractivity contribution in [1.29, 1.82) is 0 Å². The van der Waals surface area contributed by atoms with Crippen LogP contribution in [0.4, 0.5) is 0 Å². The van der Waals surface area contributed by atoms with Gasteiger partial charge in [-0.05, 0) is 34.1 Å². The SMILES string of the molecule is CCC(C)N(CC(=O)O)C(=O)c1cnn(C(C)C)c1C. The second kappa shape index (κ2) is 6.54. The van der Waals surface area contributed by atoms with Gasteiger partial charge in [0.25, 0.3) is 5.91 Å². The fourth-order valence-electron chi connectivity index (χ4n) is 2.10. The third-order valence-electron chi connectivity index (χ3n) is 3.45. The van der Waals surface area contributed by atoms with Crippen molar-refractivity contribution in [3.8, 4) is 0 Å². The van der Waals surface area contributed by atoms with Crippen molar-refractivity contribution >= 4 is 11.9 Å². The molecule has 0 fully saturated rings. The second-order valence-electron chi connectivity index (χ2n) is 5.27. The van der Waals surface area contributed by atoms with Crippen molar-refractivity contribution in [3.63, 3.8) is 0 Å². The zero-order valence-corrected chi connectivity index (χ0v) is 12.8. The van der Waals surface area contributed by atoms with Gasteiger partial charge in [-0.1, -0.05) is 6.92 Å². The molecule has 0 bridgehead atoms. The molecule has 0 aliphatic heterocycles. The quantitative estimate of drug-likeness (QED) is 0.866. The van der Waals surface area contributed by atoms with E-state index >= 15 is 0 Å². The number of aliphatic carboxylic acids is 1. The van der Waals surface area contributed by atoms with Crippen LogP contribution in [0.3, 0.4) is 0 Å². The molecule has 1 atom stereocenters. The summed E-state index contributed by atoms with van der Waals surface area (Å²) in [5.41, 5.74) is 1.24. The van der Waals surface area contributed by atoms with E-state index in [0.29, 0.717) is 12.0 Å². The highest BCUT2D eigenvalue weighted by atomic mass is 16.4. The molecule has 6 nitrogen and oxygen atoms in total. The summed E-state index contributed by atoms with van der Waals surface area (Å²) in [4.78, 5) is 24.9. The topological polar surface area (TPSA) is 75.4 Å². The minimum absolute atomic E-state index is 0.125. The number of rotatable bonds is 6. The summed E-state index contributed by atoms with van der Waals surface area (Å²) in [6.45, 7) is 9.28. The summed E-state index contributed by atoms with van der Waals surface area (Å²) in [7, 11) is 0. The van der Waals surface area contributed by atoms with Gasteiger partial charge < -0.3 is 10.0 Å². The van der Waals surface area contributed by atoms with Crippen molar-refractivity contribution in [2.24, 2.45) is 0 Å². The van der Waals surface area contributed by atoms with Crippen LogP contribution in [0, 0.1) is 6.92 Å². The molecule has 1 amide bonds. The van der Waals surface area contributed by atoms with E-state index < -0.39 is 5.97 Å². The minimum atomic E-state index is -1.01. The van der Waals surface area contributed by atoms with Gasteiger partial charge in [-0.3, -0.25) is 14.3 Å². The van der Waals surface area contributed by atoms with E-state index in [4.69, 9.17) is 5.11 Å². The number of carbonyl (C=O) groups is 2. The molecule has 1 unspecified atom stereocenters. The lowest BCUT2D eigenvalue weighted by atomic mass is 10.1. The van der Waals surface area contributed by atoms with Gasteiger partial charge in [0.15, 0.2) is 0 Å². The Bertz CT molecular complexity index is 494. The van der Waals surface area contributed by atoms with Crippen molar-refractivity contribution in [3.05, 3.63) is 17.5 Å². The Morgan fingerprint density at radius 3 is 2.40 bits per heavy atom. The molecule has 1 rings (SSSR count). The van der Waals surface area contributed by atoms with Crippen molar-refractivity contribution < 1.29 is 14.7 Å². The summed E-state index contributed by atoms with van der Waals surface area (Å²) < 4.78 is 1.77. The Morgan fingerprint density at radius 2 is 2.00 bits per heavy atom. The number of hydrogen-bond donors (Lipinski definition) is 1. The van der Waals surface area contributed by atoms with Crippen LogP contribution in [0.1, 0.15) is 56.2 Å². The van der Waals surface area contributed by atoms with Gasteiger partial charge >= 0.3 is 5.97 Å². The molecule has 112 valence electrons. The van der Waals surface area contributed by atoms with Gasteiger partial charge in [0.1, 0.15) is 6.54 Å². The van der Waals surface area contributed by atoms with E-state index in [-0.39, 0.29) is 24.5 Å². The van der Waals surface area contributed by atoms with E-state index in [9.17, 15) is 9.59 Å². The normalized spacial score (nSPS) is 12.5. The molecular weight excluding hydrogens is 258 g/mol. The van der Waals surface area contributed by atoms with E-state index in [1.54, 1.807) is 4.68 Å². The number of carboxylic acids is 1. The van der Waals surface area contributed by atoms with Gasteiger partial charge in [0.05, 0.1) is 11.8 Å². The number of hydrogen-bond acceptors (Lipinski definition) is 3. The molecule has 0 aliphatic rings. The average molecular weight is 281 g/mol. The third kappa shape index (κ3) is 3.37. The molecule has 0 spiro atoms. The van der Waals surface area contributed by atoms with Gasteiger partial charge in [0.2, 0.25) is 0 Å². The van der Waals surface area contributed by atoms with Gasteiger partial charge in [-0.2, -0.15) is 5.10 Å². The molecule has 0 saturated carbocycles. The Labute approximate surface area is 119 Å². The van der Waals surface area contributed by atoms with Crippen LogP contribution >= 0.6 is 0 Å². The Kier molecular flexibility index (Phi) is 5.30. The summed E-state index contributed by atoms with van der Waals surface area (Å²) in [6.07, 6.45) is 2.23. The molecule has 0 aromatic carbocycles. The molecule has 1 heterocycles. The molecular formula is C14H23N3O3. The largest absolute Gasteiger partial charge is 0.480 e. The predicted octanol–water partition coefficient (Wildman–Crippen LogP) is 2.10. The second-order valence-corrected chi connectivity index (χ2v) is 5.27. The van der Waals surface area contributed by atoms with Gasteiger partial charge in [-0.15, -0.1) is 0 Å². The van der Waals surface area contributed by atoms with E-state index in [1.165, 1.54) is 11.1 Å². The molecule has 0 aliphatic carbocycles. The Hall–Kier alpha value is -1.85. The lowest BCUT2D eigenvalue weighted by Crippen LogP contribution is -2.42. The lowest BCUT2D eigenvalue weighted by molar-refractivity contribution is -0.138. The maximum absolute atomic E-state index is 12.5. The number of amides is 1. The maximum atomic E-state index is 12.5. The molecule has 0 radical (unpaired) electrons. The van der Waals surface area contributed by atoms with E-state index in [0.717, 1.165) is 5.69 Å². The van der Waals surface area contributed by atoms with Crippen LogP contribution in [-0.2, 0) is 4.79 Å². The number of aromatic nitrogens is 2. The first-order valence-electron chi connectivity index (χ1n) is 6.86. The van der Waals surface area contributed by atoms with Gasteiger partial charge in [0, 0.05) is 17.8 Å². The molecule has 20 heavy (non-hydrogen) atoms. The summed E-state index contributed by atoms with van der Waals surface area (Å²) >= 11 is 0. The first-order valence-corrected chi connectivity index (χ1v) is 6.86. The first-order chi connectivity index (χ1) is 9.29. The third-order valence-corrected chi connectivity index (χ3v) is 3.45. The number of carboxylic acid groups (broad SMARTS) is 1. The summed E-state index contributed by atoms with van der Waals surface area (Å²) in [5.74, 6) is -1.28. The van der Waals surface area contributed by atoms with E-state index in [2.05, 4.69) is 5.10 Å². The number of carbonyl (C=O) groups excluding carboxylic acids is 1. The molecule has 1 aromatic heterocycles. The van der Waals surface area contributed by atoms with Gasteiger partial charge in [-0.25, -0.2) is 0 Å². The fraction of sp³-hybridized carbons (Fsp3) is 0.643. The highest BCUT2D eigenvalue weighted by Gasteiger charge is 2.26. The van der Waals surface area contributed by atoms with Crippen LogP contribution in [0.2, 0.25) is 0 Å². The van der Waals surface area contributed by atoms with E-state index in [1.807, 2.05) is 34.6 Å². The maximum Gasteiger partial charge on any atom is 0.323 e. The van der Waals surface area contributed by atoms with Crippen LogP contribution < -0.4 is 0 Å². The van der Waals surface area contributed by atoms with Crippen LogP contribution in [0.5, 0.6) is 0 Å². The van der Waals surface area contributed by atoms with Crippen molar-refractivity contribution in [1.82, 2.24) is 14.7 Å². The monoisotopic (exact) mass is 281 g/mol. The zero-order valence-electron chi connectivity index (χ0n) is 12.8. The predicted molar refractivity (Wildman–Crippen MR) is 75.8 cm³/mol. The Morgan fingerprint density at radius 1 is 1.40 bits per heavy atom. The number of nitrogens with zero attached hydrogens (tertiary/aromatic N) is 3. The van der Waals surface area contributed by atoms with Crippen LogP contribution in [-0.4, -0.2) is 44.3 Å². The Balaban J connectivity index is 3.09. The molecule has 6 heteroatoms. The van der Waals surface area contributed by atoms with Crippen LogP contribution in [0.15, 0.2) is 6.20 Å². The summed E-state index contributed by atoms with van der Waals surface area (Å²) in [5, 5.41) is 13.2. The molecule has 1 N–H and O–H groups in total. The molecule has 0 saturated heterocycles. The summed E-state index contributed by atoms with van der Waals surface area (Å²) in [6, 6.07) is 0.0356. The average Bonchev–Trinajstić information content (AvgIpc) is 2.76. The highest BCUT2D eigenvalue weighted by Crippen LogP contribution is 2.17. The minimum Gasteiger partial charge on any atom is -0.480 e. The zero-order chi connectivity index (χ0) is 15.4. The standard InChI is InChI=1S/C14H23N3O3/c1-6-10(4)16(8-13(18)19)14(20)12-7-15-17(9(2)3)11(12)5/h7,9-10H,6,8H2,1-5H3,(H,18,19). The fourth-order valence-corrected chi connectivity index (χ4v) is 2.10. The van der Waals surface area contributed by atoms with Crippen LogP contribution in [0.25, 0.3) is 0 Å². The first kappa shape index (κ1) is 16.2. The van der Waals surface area contributed by atoms with Crippen molar-refractivity contribution in [2.45, 2.75) is 53.1 Å². The highest BCUT2D eigenvalue weighted by molar-refractivity contribution is 5.96. The smallest absolute Gasteiger partial charge is 0.323 e.